The Balaban J connectivity index is 2.05. The highest BCUT2D eigenvalue weighted by Crippen LogP contribution is 2.48. The first kappa shape index (κ1) is 10.2. The zero-order chi connectivity index (χ0) is 11.7. The van der Waals surface area contributed by atoms with Crippen molar-refractivity contribution in [2.75, 3.05) is 6.26 Å². The number of amides is 2. The van der Waals surface area contributed by atoms with Crippen molar-refractivity contribution in [1.82, 2.24) is 4.31 Å². The third kappa shape index (κ3) is 1.07. The van der Waals surface area contributed by atoms with E-state index in [0.29, 0.717) is 4.31 Å². The molecule has 0 aromatic rings. The van der Waals surface area contributed by atoms with Crippen LogP contribution < -0.4 is 0 Å². The smallest absolute Gasteiger partial charge is 0.249 e. The molecule has 2 amide bonds. The van der Waals surface area contributed by atoms with E-state index in [-0.39, 0.29) is 12.2 Å². The SMILES string of the molecule is CS(=O)(=O)N1C(=O)[C@@H]2[C@H](C1=O)[C@@H]1CC[C@@H]2O1. The van der Waals surface area contributed by atoms with Gasteiger partial charge in [-0.1, -0.05) is 0 Å². The maximum atomic E-state index is 11.9. The maximum Gasteiger partial charge on any atom is 0.249 e. The zero-order valence-corrected chi connectivity index (χ0v) is 9.44. The van der Waals surface area contributed by atoms with Gasteiger partial charge in [0, 0.05) is 0 Å². The van der Waals surface area contributed by atoms with E-state index in [2.05, 4.69) is 0 Å². The number of hydrogen-bond donors (Lipinski definition) is 0. The number of carbonyl (C=O) groups is 2. The Morgan fingerprint density at radius 1 is 1.12 bits per heavy atom. The third-order valence-electron chi connectivity index (χ3n) is 3.58. The highest BCUT2D eigenvalue weighted by atomic mass is 32.2. The second-order valence-corrected chi connectivity index (χ2v) is 6.38. The number of sulfonamides is 1. The molecule has 3 aliphatic heterocycles. The van der Waals surface area contributed by atoms with Crippen molar-refractivity contribution in [2.24, 2.45) is 11.8 Å². The van der Waals surface area contributed by atoms with E-state index in [1.165, 1.54) is 0 Å². The zero-order valence-electron chi connectivity index (χ0n) is 8.62. The van der Waals surface area contributed by atoms with E-state index in [1.54, 1.807) is 0 Å². The summed E-state index contributed by atoms with van der Waals surface area (Å²) in [6, 6.07) is 0. The molecule has 0 aromatic carbocycles. The van der Waals surface area contributed by atoms with Crippen LogP contribution in [-0.4, -0.2) is 43.0 Å². The number of hydrogen-bond acceptors (Lipinski definition) is 5. The average Bonchev–Trinajstić information content (AvgIpc) is 2.77. The highest BCUT2D eigenvalue weighted by molar-refractivity contribution is 7.89. The fourth-order valence-corrected chi connectivity index (χ4v) is 3.91. The van der Waals surface area contributed by atoms with Gasteiger partial charge in [-0.15, -0.1) is 0 Å². The van der Waals surface area contributed by atoms with Gasteiger partial charge in [0.05, 0.1) is 30.3 Å². The summed E-state index contributed by atoms with van der Waals surface area (Å²) >= 11 is 0. The van der Waals surface area contributed by atoms with Crippen LogP contribution in [-0.2, 0) is 24.3 Å². The van der Waals surface area contributed by atoms with Crippen LogP contribution in [0.15, 0.2) is 0 Å². The quantitative estimate of drug-likeness (QED) is 0.560. The lowest BCUT2D eigenvalue weighted by atomic mass is 9.81. The number of fused-ring (bicyclic) bond motifs is 5. The summed E-state index contributed by atoms with van der Waals surface area (Å²) in [7, 11) is -3.78. The van der Waals surface area contributed by atoms with E-state index in [9.17, 15) is 18.0 Å². The van der Waals surface area contributed by atoms with Crippen molar-refractivity contribution >= 4 is 21.8 Å². The van der Waals surface area contributed by atoms with Crippen molar-refractivity contribution in [3.8, 4) is 0 Å². The Labute approximate surface area is 92.6 Å². The van der Waals surface area contributed by atoms with Crippen LogP contribution in [0.25, 0.3) is 0 Å². The van der Waals surface area contributed by atoms with Crippen molar-refractivity contribution in [2.45, 2.75) is 25.0 Å². The monoisotopic (exact) mass is 245 g/mol. The van der Waals surface area contributed by atoms with Gasteiger partial charge in [-0.3, -0.25) is 9.59 Å². The number of ether oxygens (including phenoxy) is 1. The van der Waals surface area contributed by atoms with Gasteiger partial charge in [0.1, 0.15) is 0 Å². The van der Waals surface area contributed by atoms with Gasteiger partial charge in [-0.05, 0) is 12.8 Å². The molecule has 3 fully saturated rings. The largest absolute Gasteiger partial charge is 0.373 e. The minimum atomic E-state index is -3.78. The first-order valence-electron chi connectivity index (χ1n) is 5.14. The first-order chi connectivity index (χ1) is 7.41. The summed E-state index contributed by atoms with van der Waals surface area (Å²) < 4.78 is 28.6. The van der Waals surface area contributed by atoms with Crippen LogP contribution in [0.2, 0.25) is 0 Å². The van der Waals surface area contributed by atoms with Crippen LogP contribution in [0.5, 0.6) is 0 Å². The predicted octanol–water partition coefficient (Wildman–Crippen LogP) is -0.892. The summed E-state index contributed by atoms with van der Waals surface area (Å²) in [6.45, 7) is 0. The summed E-state index contributed by atoms with van der Waals surface area (Å²) in [5.41, 5.74) is 0. The number of carbonyl (C=O) groups excluding carboxylic acids is 2. The minimum absolute atomic E-state index is 0.266. The fourth-order valence-electron chi connectivity index (χ4n) is 3.01. The van der Waals surface area contributed by atoms with Crippen molar-refractivity contribution in [3.63, 3.8) is 0 Å². The minimum Gasteiger partial charge on any atom is -0.373 e. The summed E-state index contributed by atoms with van der Waals surface area (Å²) in [5, 5.41) is 0. The fraction of sp³-hybridized carbons (Fsp3) is 0.778. The second-order valence-electron chi connectivity index (χ2n) is 4.55. The van der Waals surface area contributed by atoms with Crippen LogP contribution in [0.4, 0.5) is 0 Å². The van der Waals surface area contributed by atoms with Crippen LogP contribution in [0.3, 0.4) is 0 Å². The molecular formula is C9H11NO5S. The van der Waals surface area contributed by atoms with Crippen molar-refractivity contribution < 1.29 is 22.7 Å². The molecule has 6 nitrogen and oxygen atoms in total. The molecular weight excluding hydrogens is 234 g/mol. The number of imide groups is 1. The molecule has 0 radical (unpaired) electrons. The van der Waals surface area contributed by atoms with Gasteiger partial charge in [-0.2, -0.15) is 4.31 Å². The maximum absolute atomic E-state index is 11.9. The molecule has 3 aliphatic rings. The first-order valence-corrected chi connectivity index (χ1v) is 6.99. The van der Waals surface area contributed by atoms with Crippen LogP contribution in [0, 0.1) is 11.8 Å². The third-order valence-corrected chi connectivity index (χ3v) is 4.60. The summed E-state index contributed by atoms with van der Waals surface area (Å²) in [5.74, 6) is -2.35. The molecule has 4 atom stereocenters. The molecule has 2 bridgehead atoms. The lowest BCUT2D eigenvalue weighted by Crippen LogP contribution is -2.38. The Morgan fingerprint density at radius 3 is 1.94 bits per heavy atom. The molecule has 0 aliphatic carbocycles. The molecule has 7 heteroatoms. The van der Waals surface area contributed by atoms with E-state index >= 15 is 0 Å². The molecule has 88 valence electrons. The van der Waals surface area contributed by atoms with E-state index in [0.717, 1.165) is 19.1 Å². The molecule has 0 unspecified atom stereocenters. The van der Waals surface area contributed by atoms with Crippen molar-refractivity contribution in [1.29, 1.82) is 0 Å². The molecule has 0 saturated carbocycles. The highest BCUT2D eigenvalue weighted by Gasteiger charge is 2.64. The topological polar surface area (TPSA) is 80.8 Å². The van der Waals surface area contributed by atoms with Crippen LogP contribution in [0.1, 0.15) is 12.8 Å². The van der Waals surface area contributed by atoms with Gasteiger partial charge < -0.3 is 4.74 Å². The predicted molar refractivity (Wildman–Crippen MR) is 51.6 cm³/mol. The van der Waals surface area contributed by atoms with E-state index in [1.807, 2.05) is 0 Å². The normalized spacial score (nSPS) is 41.9. The number of rotatable bonds is 1. The van der Waals surface area contributed by atoms with Gasteiger partial charge in [-0.25, -0.2) is 8.42 Å². The van der Waals surface area contributed by atoms with E-state index < -0.39 is 33.7 Å². The standard InChI is InChI=1S/C9H11NO5S/c1-16(13,14)10-8(11)6-4-2-3-5(15-4)7(6)9(10)12/h4-7H,2-3H2,1H3/t4-,5-,6-,7+/m0/s1. The van der Waals surface area contributed by atoms with Gasteiger partial charge in [0.15, 0.2) is 0 Å². The molecule has 3 heterocycles. The Kier molecular flexibility index (Phi) is 1.81. The Hall–Kier alpha value is -0.950. The Morgan fingerprint density at radius 2 is 1.56 bits per heavy atom. The average molecular weight is 245 g/mol. The lowest BCUT2D eigenvalue weighted by Gasteiger charge is -2.14. The molecule has 0 spiro atoms. The van der Waals surface area contributed by atoms with Gasteiger partial charge in [0.25, 0.3) is 0 Å². The molecule has 3 rings (SSSR count). The summed E-state index contributed by atoms with van der Waals surface area (Å²) in [6.07, 6.45) is 1.83. The molecule has 0 N–H and O–H groups in total. The molecule has 16 heavy (non-hydrogen) atoms. The lowest BCUT2D eigenvalue weighted by molar-refractivity contribution is -0.136. The molecule has 0 aromatic heterocycles. The number of nitrogens with zero attached hydrogens (tertiary/aromatic N) is 1. The van der Waals surface area contributed by atoms with Crippen LogP contribution >= 0.6 is 0 Å². The summed E-state index contributed by atoms with van der Waals surface area (Å²) in [4.78, 5) is 23.8. The van der Waals surface area contributed by atoms with Gasteiger partial charge in [0.2, 0.25) is 21.8 Å². The van der Waals surface area contributed by atoms with Gasteiger partial charge >= 0.3 is 0 Å². The Bertz CT molecular complexity index is 456. The van der Waals surface area contributed by atoms with Crippen molar-refractivity contribution in [3.05, 3.63) is 0 Å². The second kappa shape index (κ2) is 2.84. The molecule has 3 saturated heterocycles. The van der Waals surface area contributed by atoms with E-state index in [4.69, 9.17) is 4.74 Å².